The summed E-state index contributed by atoms with van der Waals surface area (Å²) in [6.45, 7) is 4.44. The average Bonchev–Trinajstić information content (AvgIpc) is 2.96. The zero-order valence-corrected chi connectivity index (χ0v) is 12.0. The van der Waals surface area contributed by atoms with Crippen molar-refractivity contribution in [2.45, 2.75) is 45.2 Å². The third kappa shape index (κ3) is 2.97. The molecule has 0 bridgehead atoms. The SMILES string of the molecule is CCC1CCC(NC(=O)C(N)c2cnn(C)c2)C1C. The number of carbonyl (C=O) groups is 1. The Morgan fingerprint density at radius 2 is 2.37 bits per heavy atom. The first kappa shape index (κ1) is 14.1. The standard InChI is InChI=1S/C14H24N4O/c1-4-10-5-6-12(9(10)2)17-14(19)13(15)11-7-16-18(3)8-11/h7-10,12-13H,4-6,15H2,1-3H3,(H,17,19). The summed E-state index contributed by atoms with van der Waals surface area (Å²) < 4.78 is 1.66. The number of hydrogen-bond acceptors (Lipinski definition) is 3. The molecule has 1 amide bonds. The molecule has 3 N–H and O–H groups in total. The van der Waals surface area contributed by atoms with Crippen molar-refractivity contribution in [3.8, 4) is 0 Å². The van der Waals surface area contributed by atoms with E-state index in [2.05, 4.69) is 24.3 Å². The Balaban J connectivity index is 1.94. The van der Waals surface area contributed by atoms with Gasteiger partial charge in [-0.05, 0) is 24.7 Å². The summed E-state index contributed by atoms with van der Waals surface area (Å²) in [7, 11) is 1.82. The maximum atomic E-state index is 12.2. The van der Waals surface area contributed by atoms with Crippen LogP contribution in [0, 0.1) is 11.8 Å². The first-order valence-corrected chi connectivity index (χ1v) is 7.07. The Kier molecular flexibility index (Phi) is 4.24. The van der Waals surface area contributed by atoms with E-state index in [1.165, 1.54) is 12.8 Å². The van der Waals surface area contributed by atoms with E-state index in [0.29, 0.717) is 5.92 Å². The van der Waals surface area contributed by atoms with Gasteiger partial charge in [-0.15, -0.1) is 0 Å². The van der Waals surface area contributed by atoms with Crippen LogP contribution in [0.15, 0.2) is 12.4 Å². The van der Waals surface area contributed by atoms with Gasteiger partial charge in [0.05, 0.1) is 6.20 Å². The number of nitrogens with two attached hydrogens (primary N) is 1. The highest BCUT2D eigenvalue weighted by atomic mass is 16.2. The first-order valence-electron chi connectivity index (χ1n) is 7.07. The van der Waals surface area contributed by atoms with E-state index >= 15 is 0 Å². The average molecular weight is 264 g/mol. The van der Waals surface area contributed by atoms with Crippen molar-refractivity contribution < 1.29 is 4.79 Å². The van der Waals surface area contributed by atoms with Crippen LogP contribution >= 0.6 is 0 Å². The normalized spacial score (nSPS) is 28.3. The van der Waals surface area contributed by atoms with E-state index in [4.69, 9.17) is 5.73 Å². The molecule has 1 fully saturated rings. The number of nitrogens with one attached hydrogen (secondary N) is 1. The third-order valence-electron chi connectivity index (χ3n) is 4.45. The second kappa shape index (κ2) is 5.74. The summed E-state index contributed by atoms with van der Waals surface area (Å²) in [6, 6.07) is -0.359. The lowest BCUT2D eigenvalue weighted by Crippen LogP contribution is -2.42. The van der Waals surface area contributed by atoms with Crippen molar-refractivity contribution in [3.63, 3.8) is 0 Å². The Morgan fingerprint density at radius 1 is 1.63 bits per heavy atom. The zero-order chi connectivity index (χ0) is 14.0. The molecular weight excluding hydrogens is 240 g/mol. The molecule has 1 heterocycles. The lowest BCUT2D eigenvalue weighted by molar-refractivity contribution is -0.123. The van der Waals surface area contributed by atoms with Gasteiger partial charge in [0.25, 0.3) is 0 Å². The van der Waals surface area contributed by atoms with Crippen LogP contribution < -0.4 is 11.1 Å². The van der Waals surface area contributed by atoms with Gasteiger partial charge in [0.1, 0.15) is 6.04 Å². The van der Waals surface area contributed by atoms with Crippen LogP contribution in [0.1, 0.15) is 44.7 Å². The topological polar surface area (TPSA) is 72.9 Å². The first-order chi connectivity index (χ1) is 9.02. The number of nitrogens with zero attached hydrogens (tertiary/aromatic N) is 2. The molecule has 2 rings (SSSR count). The number of rotatable bonds is 4. The second-order valence-corrected chi connectivity index (χ2v) is 5.64. The number of hydrogen-bond donors (Lipinski definition) is 2. The van der Waals surface area contributed by atoms with E-state index in [0.717, 1.165) is 17.9 Å². The van der Waals surface area contributed by atoms with Crippen molar-refractivity contribution >= 4 is 5.91 Å². The molecule has 0 spiro atoms. The van der Waals surface area contributed by atoms with Crippen LogP contribution in [-0.4, -0.2) is 21.7 Å². The summed E-state index contributed by atoms with van der Waals surface area (Å²) in [6.07, 6.45) is 6.88. The predicted octanol–water partition coefficient (Wildman–Crippen LogP) is 1.36. The van der Waals surface area contributed by atoms with Crippen LogP contribution in [0.3, 0.4) is 0 Å². The van der Waals surface area contributed by atoms with Crippen LogP contribution in [0.5, 0.6) is 0 Å². The summed E-state index contributed by atoms with van der Waals surface area (Å²) in [5, 5.41) is 7.15. The lowest BCUT2D eigenvalue weighted by atomic mass is 9.93. The van der Waals surface area contributed by atoms with E-state index in [1.807, 2.05) is 7.05 Å². The number of amides is 1. The molecule has 0 radical (unpaired) electrons. The van der Waals surface area contributed by atoms with Crippen LogP contribution in [0.2, 0.25) is 0 Å². The predicted molar refractivity (Wildman–Crippen MR) is 74.2 cm³/mol. The molecule has 106 valence electrons. The zero-order valence-electron chi connectivity index (χ0n) is 12.0. The van der Waals surface area contributed by atoms with Crippen LogP contribution in [0.4, 0.5) is 0 Å². The van der Waals surface area contributed by atoms with Crippen molar-refractivity contribution in [1.82, 2.24) is 15.1 Å². The molecular formula is C14H24N4O. The highest BCUT2D eigenvalue weighted by Crippen LogP contribution is 2.34. The second-order valence-electron chi connectivity index (χ2n) is 5.64. The fraction of sp³-hybridized carbons (Fsp3) is 0.714. The maximum absolute atomic E-state index is 12.2. The van der Waals surface area contributed by atoms with E-state index < -0.39 is 6.04 Å². The minimum Gasteiger partial charge on any atom is -0.351 e. The Hall–Kier alpha value is -1.36. The highest BCUT2D eigenvalue weighted by Gasteiger charge is 2.33. The molecule has 1 aliphatic rings. The summed E-state index contributed by atoms with van der Waals surface area (Å²) >= 11 is 0. The van der Waals surface area contributed by atoms with Gasteiger partial charge in [-0.25, -0.2) is 0 Å². The fourth-order valence-electron chi connectivity index (χ4n) is 3.05. The maximum Gasteiger partial charge on any atom is 0.241 e. The number of aromatic nitrogens is 2. The molecule has 0 aromatic carbocycles. The largest absolute Gasteiger partial charge is 0.351 e. The Morgan fingerprint density at radius 3 is 2.89 bits per heavy atom. The van der Waals surface area contributed by atoms with Crippen molar-refractivity contribution in [2.75, 3.05) is 0 Å². The molecule has 1 saturated carbocycles. The van der Waals surface area contributed by atoms with Gasteiger partial charge in [0.15, 0.2) is 0 Å². The number of carbonyl (C=O) groups excluding carboxylic acids is 1. The molecule has 4 atom stereocenters. The summed E-state index contributed by atoms with van der Waals surface area (Å²) in [4.78, 5) is 12.2. The number of aryl methyl sites for hydroxylation is 1. The summed E-state index contributed by atoms with van der Waals surface area (Å²) in [5.41, 5.74) is 6.74. The molecule has 19 heavy (non-hydrogen) atoms. The van der Waals surface area contributed by atoms with Gasteiger partial charge in [0, 0.05) is 24.8 Å². The molecule has 1 aromatic rings. The van der Waals surface area contributed by atoms with Gasteiger partial charge in [-0.3, -0.25) is 9.48 Å². The molecule has 1 aliphatic carbocycles. The minimum atomic E-state index is -0.624. The van der Waals surface area contributed by atoms with Gasteiger partial charge >= 0.3 is 0 Å². The van der Waals surface area contributed by atoms with Gasteiger partial charge < -0.3 is 11.1 Å². The van der Waals surface area contributed by atoms with Gasteiger partial charge in [-0.1, -0.05) is 20.3 Å². The van der Waals surface area contributed by atoms with E-state index in [9.17, 15) is 4.79 Å². The molecule has 1 aromatic heterocycles. The van der Waals surface area contributed by atoms with Crippen molar-refractivity contribution in [2.24, 2.45) is 24.6 Å². The quantitative estimate of drug-likeness (QED) is 0.862. The monoisotopic (exact) mass is 264 g/mol. The van der Waals surface area contributed by atoms with Crippen LogP contribution in [-0.2, 0) is 11.8 Å². The minimum absolute atomic E-state index is 0.0957. The fourth-order valence-corrected chi connectivity index (χ4v) is 3.05. The highest BCUT2D eigenvalue weighted by molar-refractivity contribution is 5.83. The molecule has 0 saturated heterocycles. The molecule has 4 unspecified atom stereocenters. The Bertz CT molecular complexity index is 442. The van der Waals surface area contributed by atoms with E-state index in [-0.39, 0.29) is 11.9 Å². The summed E-state index contributed by atoms with van der Waals surface area (Å²) in [5.74, 6) is 1.16. The van der Waals surface area contributed by atoms with Crippen LogP contribution in [0.25, 0.3) is 0 Å². The van der Waals surface area contributed by atoms with Gasteiger partial charge in [0.2, 0.25) is 5.91 Å². The molecule has 5 heteroatoms. The lowest BCUT2D eigenvalue weighted by Gasteiger charge is -2.22. The van der Waals surface area contributed by atoms with Gasteiger partial charge in [-0.2, -0.15) is 5.10 Å². The smallest absolute Gasteiger partial charge is 0.241 e. The van der Waals surface area contributed by atoms with Crippen molar-refractivity contribution in [1.29, 1.82) is 0 Å². The van der Waals surface area contributed by atoms with E-state index in [1.54, 1.807) is 17.1 Å². The third-order valence-corrected chi connectivity index (χ3v) is 4.45. The Labute approximate surface area is 114 Å². The molecule has 0 aliphatic heterocycles. The molecule has 5 nitrogen and oxygen atoms in total. The van der Waals surface area contributed by atoms with Crippen molar-refractivity contribution in [3.05, 3.63) is 18.0 Å².